The number of aromatic amines is 1. The van der Waals surface area contributed by atoms with Gasteiger partial charge in [0.05, 0.1) is 6.61 Å². The van der Waals surface area contributed by atoms with Gasteiger partial charge in [0, 0.05) is 13.2 Å². The minimum absolute atomic E-state index is 0.102. The molecule has 0 fully saturated rings. The fraction of sp³-hybridized carbons (Fsp3) is 0.714. The Morgan fingerprint density at radius 2 is 2.50 bits per heavy atom. The van der Waals surface area contributed by atoms with Crippen molar-refractivity contribution in [3.05, 3.63) is 5.82 Å². The Balaban J connectivity index is 2.43. The molecule has 0 saturated carbocycles. The van der Waals surface area contributed by atoms with Crippen molar-refractivity contribution < 1.29 is 4.74 Å². The van der Waals surface area contributed by atoms with Crippen molar-refractivity contribution in [3.63, 3.8) is 0 Å². The lowest BCUT2D eigenvalue weighted by Gasteiger charge is -2.15. The standard InChI is InChI=1S/C7H16N8O/c1-5(4-16-2)10-7(11-8)9-3-6-12-14-15-13-6/h5H,3-4,8H2,1-2H3,(H2,9,10,11)(H,12,13,14,15). The molecule has 0 aromatic carbocycles. The smallest absolute Gasteiger partial charge is 0.206 e. The average Bonchev–Trinajstić information content (AvgIpc) is 2.77. The second-order valence-corrected chi connectivity index (χ2v) is 3.14. The monoisotopic (exact) mass is 228 g/mol. The molecule has 0 bridgehead atoms. The van der Waals surface area contributed by atoms with Crippen LogP contribution in [0.3, 0.4) is 0 Å². The number of nitrogens with zero attached hydrogens (tertiary/aromatic N) is 4. The molecule has 0 aliphatic carbocycles. The lowest BCUT2D eigenvalue weighted by molar-refractivity contribution is 0.179. The number of hydrazine groups is 1. The van der Waals surface area contributed by atoms with Crippen molar-refractivity contribution in [1.82, 2.24) is 31.4 Å². The van der Waals surface area contributed by atoms with E-state index in [0.717, 1.165) is 0 Å². The van der Waals surface area contributed by atoms with E-state index in [1.54, 1.807) is 7.11 Å². The van der Waals surface area contributed by atoms with Crippen LogP contribution in [0.2, 0.25) is 0 Å². The summed E-state index contributed by atoms with van der Waals surface area (Å²) in [4.78, 5) is 4.14. The van der Waals surface area contributed by atoms with Gasteiger partial charge in [0.2, 0.25) is 5.96 Å². The molecule has 90 valence electrons. The van der Waals surface area contributed by atoms with Gasteiger partial charge in [0.1, 0.15) is 6.54 Å². The van der Waals surface area contributed by atoms with Gasteiger partial charge in [-0.25, -0.2) is 10.8 Å². The van der Waals surface area contributed by atoms with E-state index in [9.17, 15) is 0 Å². The van der Waals surface area contributed by atoms with Crippen LogP contribution in [-0.4, -0.2) is 46.3 Å². The summed E-state index contributed by atoms with van der Waals surface area (Å²) < 4.78 is 4.97. The Morgan fingerprint density at radius 1 is 1.69 bits per heavy atom. The lowest BCUT2D eigenvalue weighted by atomic mass is 10.4. The number of hydrogen-bond acceptors (Lipinski definition) is 6. The van der Waals surface area contributed by atoms with E-state index in [1.807, 2.05) is 6.92 Å². The molecular formula is C7H16N8O. The molecule has 1 aromatic heterocycles. The quantitative estimate of drug-likeness (QED) is 0.201. The zero-order chi connectivity index (χ0) is 11.8. The summed E-state index contributed by atoms with van der Waals surface area (Å²) in [6, 6.07) is 0.102. The fourth-order valence-electron chi connectivity index (χ4n) is 1.06. The SMILES string of the molecule is COCC(C)NC(=NCc1nn[nH]n1)NN. The predicted octanol–water partition coefficient (Wildman–Crippen LogP) is -1.86. The summed E-state index contributed by atoms with van der Waals surface area (Å²) in [5.74, 6) is 6.26. The first-order chi connectivity index (χ1) is 7.76. The molecule has 5 N–H and O–H groups in total. The van der Waals surface area contributed by atoms with Crippen LogP contribution < -0.4 is 16.6 Å². The molecule has 9 heteroatoms. The van der Waals surface area contributed by atoms with E-state index in [-0.39, 0.29) is 6.04 Å². The molecule has 1 heterocycles. The Morgan fingerprint density at radius 3 is 3.06 bits per heavy atom. The number of nitrogens with two attached hydrogens (primary N) is 1. The van der Waals surface area contributed by atoms with Gasteiger partial charge in [0.15, 0.2) is 5.82 Å². The first kappa shape index (κ1) is 12.3. The zero-order valence-electron chi connectivity index (χ0n) is 9.27. The van der Waals surface area contributed by atoms with Gasteiger partial charge in [-0.1, -0.05) is 5.21 Å². The van der Waals surface area contributed by atoms with Gasteiger partial charge in [-0.05, 0) is 6.92 Å². The number of aliphatic imine (C=N–C) groups is 1. The van der Waals surface area contributed by atoms with Crippen molar-refractivity contribution in [1.29, 1.82) is 0 Å². The topological polar surface area (TPSA) is 126 Å². The Labute approximate surface area is 92.8 Å². The third-order valence-electron chi connectivity index (χ3n) is 1.70. The molecule has 1 rings (SSSR count). The molecule has 1 unspecified atom stereocenters. The number of guanidine groups is 1. The van der Waals surface area contributed by atoms with Gasteiger partial charge in [-0.2, -0.15) is 5.21 Å². The molecule has 0 saturated heterocycles. The number of ether oxygens (including phenoxy) is 1. The van der Waals surface area contributed by atoms with Crippen molar-refractivity contribution in [3.8, 4) is 0 Å². The van der Waals surface area contributed by atoms with E-state index < -0.39 is 0 Å². The third-order valence-corrected chi connectivity index (χ3v) is 1.70. The largest absolute Gasteiger partial charge is 0.383 e. The molecule has 0 spiro atoms. The van der Waals surface area contributed by atoms with Crippen LogP contribution in [-0.2, 0) is 11.3 Å². The molecule has 0 aliphatic heterocycles. The van der Waals surface area contributed by atoms with E-state index in [2.05, 4.69) is 36.4 Å². The van der Waals surface area contributed by atoms with E-state index >= 15 is 0 Å². The molecular weight excluding hydrogens is 212 g/mol. The highest BCUT2D eigenvalue weighted by Gasteiger charge is 2.04. The molecule has 0 radical (unpaired) electrons. The number of tetrazole rings is 1. The van der Waals surface area contributed by atoms with Gasteiger partial charge in [-0.3, -0.25) is 5.43 Å². The number of rotatable bonds is 5. The van der Waals surface area contributed by atoms with Crippen LogP contribution >= 0.6 is 0 Å². The summed E-state index contributed by atoms with van der Waals surface area (Å²) in [6.45, 7) is 2.80. The van der Waals surface area contributed by atoms with Gasteiger partial charge in [0.25, 0.3) is 0 Å². The second kappa shape index (κ2) is 6.69. The zero-order valence-corrected chi connectivity index (χ0v) is 9.27. The van der Waals surface area contributed by atoms with Crippen LogP contribution in [0.1, 0.15) is 12.7 Å². The lowest BCUT2D eigenvalue weighted by Crippen LogP contribution is -2.46. The summed E-state index contributed by atoms with van der Waals surface area (Å²) >= 11 is 0. The molecule has 1 atom stereocenters. The summed E-state index contributed by atoms with van der Waals surface area (Å²) in [5.41, 5.74) is 2.45. The number of methoxy groups -OCH3 is 1. The van der Waals surface area contributed by atoms with Crippen molar-refractivity contribution in [2.75, 3.05) is 13.7 Å². The highest BCUT2D eigenvalue weighted by molar-refractivity contribution is 5.79. The highest BCUT2D eigenvalue weighted by Crippen LogP contribution is 1.88. The van der Waals surface area contributed by atoms with Crippen molar-refractivity contribution in [2.24, 2.45) is 10.8 Å². The molecule has 0 amide bonds. The number of nitrogens with one attached hydrogen (secondary N) is 3. The third kappa shape index (κ3) is 4.19. The average molecular weight is 228 g/mol. The van der Waals surface area contributed by atoms with Crippen LogP contribution in [0.25, 0.3) is 0 Å². The number of hydrogen-bond donors (Lipinski definition) is 4. The Hall–Kier alpha value is -1.74. The predicted molar refractivity (Wildman–Crippen MR) is 57.1 cm³/mol. The maximum atomic E-state index is 5.31. The maximum absolute atomic E-state index is 5.31. The second-order valence-electron chi connectivity index (χ2n) is 3.14. The van der Waals surface area contributed by atoms with Gasteiger partial charge < -0.3 is 10.1 Å². The van der Waals surface area contributed by atoms with Crippen LogP contribution in [0.5, 0.6) is 0 Å². The maximum Gasteiger partial charge on any atom is 0.206 e. The first-order valence-electron chi connectivity index (χ1n) is 4.75. The van der Waals surface area contributed by atoms with Crippen molar-refractivity contribution in [2.45, 2.75) is 19.5 Å². The molecule has 16 heavy (non-hydrogen) atoms. The minimum atomic E-state index is 0.102. The number of aromatic nitrogens is 4. The van der Waals surface area contributed by atoms with Crippen LogP contribution in [0, 0.1) is 0 Å². The molecule has 0 aliphatic rings. The van der Waals surface area contributed by atoms with E-state index in [0.29, 0.717) is 24.9 Å². The number of H-pyrrole nitrogens is 1. The van der Waals surface area contributed by atoms with Crippen LogP contribution in [0.4, 0.5) is 0 Å². The van der Waals surface area contributed by atoms with Gasteiger partial charge in [-0.15, -0.1) is 10.2 Å². The molecule has 9 nitrogen and oxygen atoms in total. The summed E-state index contributed by atoms with van der Waals surface area (Å²) in [6.07, 6.45) is 0. The fourth-order valence-corrected chi connectivity index (χ4v) is 1.06. The first-order valence-corrected chi connectivity index (χ1v) is 4.75. The van der Waals surface area contributed by atoms with E-state index in [1.165, 1.54) is 0 Å². The Bertz CT molecular complexity index is 310. The van der Waals surface area contributed by atoms with E-state index in [4.69, 9.17) is 10.6 Å². The summed E-state index contributed by atoms with van der Waals surface area (Å²) in [5, 5.41) is 16.3. The van der Waals surface area contributed by atoms with Gasteiger partial charge >= 0.3 is 0 Å². The Kier molecular flexibility index (Phi) is 5.16. The highest BCUT2D eigenvalue weighted by atomic mass is 16.5. The summed E-state index contributed by atoms with van der Waals surface area (Å²) in [7, 11) is 1.63. The van der Waals surface area contributed by atoms with Crippen molar-refractivity contribution >= 4 is 5.96 Å². The molecule has 1 aromatic rings. The van der Waals surface area contributed by atoms with Crippen LogP contribution in [0.15, 0.2) is 4.99 Å². The minimum Gasteiger partial charge on any atom is -0.383 e. The normalized spacial score (nSPS) is 13.6.